The molecule has 0 spiro atoms. The Bertz CT molecular complexity index is 629. The summed E-state index contributed by atoms with van der Waals surface area (Å²) < 4.78 is 1.73. The summed E-state index contributed by atoms with van der Waals surface area (Å²) in [6.07, 6.45) is 7.42. The Kier molecular flexibility index (Phi) is 5.42. The predicted molar refractivity (Wildman–Crippen MR) is 96.2 cm³/mol. The van der Waals surface area contributed by atoms with Gasteiger partial charge in [-0.3, -0.25) is 14.3 Å². The van der Waals surface area contributed by atoms with Crippen LogP contribution in [-0.2, 0) is 16.6 Å². The lowest BCUT2D eigenvalue weighted by Gasteiger charge is -2.41. The van der Waals surface area contributed by atoms with E-state index in [9.17, 15) is 9.59 Å². The van der Waals surface area contributed by atoms with E-state index in [2.05, 4.69) is 17.3 Å². The molecule has 1 aromatic rings. The van der Waals surface area contributed by atoms with E-state index in [1.54, 1.807) is 17.8 Å². The number of nitrogens with one attached hydrogen (secondary N) is 1. The molecule has 7 nitrogen and oxygen atoms in total. The number of hydrogen-bond donors (Lipinski definition) is 1. The second kappa shape index (κ2) is 7.56. The number of likely N-dealkylation sites (tertiary alicyclic amines) is 1. The standard InChI is InChI=1S/C18H29N5O2/c1-4-14-11-22(13(2)24)9-7-16(14)20-17-6-5-8-23(18(17)25)15-10-19-21(3)12-15/h10,12,14,16-17,20H,4-9,11H2,1-3H3/t14-,16-,17+/m1/s1. The summed E-state index contributed by atoms with van der Waals surface area (Å²) in [6, 6.07) is 0.153. The van der Waals surface area contributed by atoms with Crippen LogP contribution in [0.25, 0.3) is 0 Å². The van der Waals surface area contributed by atoms with Crippen LogP contribution < -0.4 is 10.2 Å². The molecular weight excluding hydrogens is 318 g/mol. The van der Waals surface area contributed by atoms with Gasteiger partial charge in [0.25, 0.3) is 0 Å². The molecular formula is C18H29N5O2. The minimum absolute atomic E-state index is 0.142. The van der Waals surface area contributed by atoms with E-state index in [-0.39, 0.29) is 17.9 Å². The third-order valence-electron chi connectivity index (χ3n) is 5.56. The average molecular weight is 347 g/mol. The lowest BCUT2D eigenvalue weighted by molar-refractivity contribution is -0.131. The molecule has 2 saturated heterocycles. The third-order valence-corrected chi connectivity index (χ3v) is 5.56. The Hall–Kier alpha value is -1.89. The number of piperidine rings is 2. The molecule has 0 unspecified atom stereocenters. The van der Waals surface area contributed by atoms with E-state index in [1.165, 1.54) is 0 Å². The minimum atomic E-state index is -0.142. The summed E-state index contributed by atoms with van der Waals surface area (Å²) >= 11 is 0. The molecule has 1 aromatic heterocycles. The highest BCUT2D eigenvalue weighted by molar-refractivity contribution is 5.97. The summed E-state index contributed by atoms with van der Waals surface area (Å²) in [5.41, 5.74) is 0.873. The zero-order valence-corrected chi connectivity index (χ0v) is 15.4. The van der Waals surface area contributed by atoms with Crippen LogP contribution in [0.4, 0.5) is 5.69 Å². The highest BCUT2D eigenvalue weighted by Crippen LogP contribution is 2.24. The van der Waals surface area contributed by atoms with Gasteiger partial charge in [0.1, 0.15) is 0 Å². The van der Waals surface area contributed by atoms with Crippen molar-refractivity contribution in [2.24, 2.45) is 13.0 Å². The number of aryl methyl sites for hydroxylation is 1. The zero-order chi connectivity index (χ0) is 18.0. The first kappa shape index (κ1) is 17.9. The molecule has 0 bridgehead atoms. The summed E-state index contributed by atoms with van der Waals surface area (Å²) in [4.78, 5) is 28.4. The maximum Gasteiger partial charge on any atom is 0.244 e. The summed E-state index contributed by atoms with van der Waals surface area (Å²) in [5.74, 6) is 0.690. The zero-order valence-electron chi connectivity index (χ0n) is 15.4. The van der Waals surface area contributed by atoms with E-state index in [4.69, 9.17) is 0 Å². The maximum atomic E-state index is 12.9. The van der Waals surface area contributed by atoms with Crippen LogP contribution in [0.15, 0.2) is 12.4 Å². The van der Waals surface area contributed by atoms with Crippen molar-refractivity contribution in [1.82, 2.24) is 20.0 Å². The fraction of sp³-hybridized carbons (Fsp3) is 0.722. The van der Waals surface area contributed by atoms with Crippen molar-refractivity contribution in [3.8, 4) is 0 Å². The monoisotopic (exact) mass is 347 g/mol. The van der Waals surface area contributed by atoms with E-state index in [1.807, 2.05) is 23.0 Å². The van der Waals surface area contributed by atoms with Gasteiger partial charge in [0.05, 0.1) is 17.9 Å². The SMILES string of the molecule is CC[C@@H]1CN(C(C)=O)CC[C@H]1N[C@H]1CCCN(c2cnn(C)c2)C1=O. The van der Waals surface area contributed by atoms with Crippen LogP contribution in [-0.4, -0.2) is 58.2 Å². The highest BCUT2D eigenvalue weighted by atomic mass is 16.2. The molecule has 0 aromatic carbocycles. The fourth-order valence-electron chi connectivity index (χ4n) is 4.04. The van der Waals surface area contributed by atoms with Gasteiger partial charge in [-0.2, -0.15) is 5.10 Å². The largest absolute Gasteiger partial charge is 0.343 e. The Labute approximate surface area is 149 Å². The molecule has 0 saturated carbocycles. The first-order chi connectivity index (χ1) is 12.0. The molecule has 1 N–H and O–H groups in total. The number of hydrogen-bond acceptors (Lipinski definition) is 4. The molecule has 25 heavy (non-hydrogen) atoms. The van der Waals surface area contributed by atoms with Gasteiger partial charge in [-0.25, -0.2) is 0 Å². The number of rotatable bonds is 4. The van der Waals surface area contributed by atoms with Crippen molar-refractivity contribution in [1.29, 1.82) is 0 Å². The molecule has 3 rings (SSSR count). The summed E-state index contributed by atoms with van der Waals surface area (Å²) in [6.45, 7) is 6.11. The van der Waals surface area contributed by atoms with Crippen molar-refractivity contribution < 1.29 is 9.59 Å². The molecule has 2 fully saturated rings. The Morgan fingerprint density at radius 3 is 2.80 bits per heavy atom. The molecule has 3 atom stereocenters. The second-order valence-corrected chi connectivity index (χ2v) is 7.25. The summed E-state index contributed by atoms with van der Waals surface area (Å²) in [5, 5.41) is 7.80. The van der Waals surface area contributed by atoms with E-state index >= 15 is 0 Å². The Morgan fingerprint density at radius 1 is 1.36 bits per heavy atom. The van der Waals surface area contributed by atoms with Gasteiger partial charge in [-0.05, 0) is 25.2 Å². The molecule has 7 heteroatoms. The number of anilines is 1. The lowest BCUT2D eigenvalue weighted by Crippen LogP contribution is -2.58. The molecule has 3 heterocycles. The number of carbonyl (C=O) groups is 2. The van der Waals surface area contributed by atoms with E-state index in [0.717, 1.165) is 51.0 Å². The van der Waals surface area contributed by atoms with Gasteiger partial charge in [0.15, 0.2) is 0 Å². The van der Waals surface area contributed by atoms with Gasteiger partial charge in [-0.1, -0.05) is 13.3 Å². The number of carbonyl (C=O) groups excluding carboxylic acids is 2. The van der Waals surface area contributed by atoms with Gasteiger partial charge in [-0.15, -0.1) is 0 Å². The molecule has 0 radical (unpaired) electrons. The quantitative estimate of drug-likeness (QED) is 0.887. The predicted octanol–water partition coefficient (Wildman–Crippen LogP) is 1.15. The van der Waals surface area contributed by atoms with E-state index in [0.29, 0.717) is 12.0 Å². The van der Waals surface area contributed by atoms with Crippen molar-refractivity contribution in [3.63, 3.8) is 0 Å². The van der Waals surface area contributed by atoms with Crippen LogP contribution in [0.3, 0.4) is 0 Å². The van der Waals surface area contributed by atoms with Crippen LogP contribution in [0, 0.1) is 5.92 Å². The molecule has 2 aliphatic rings. The lowest BCUT2D eigenvalue weighted by atomic mass is 9.88. The average Bonchev–Trinajstić information content (AvgIpc) is 3.03. The third kappa shape index (κ3) is 3.86. The molecule has 2 amide bonds. The number of aromatic nitrogens is 2. The second-order valence-electron chi connectivity index (χ2n) is 7.25. The van der Waals surface area contributed by atoms with Crippen molar-refractivity contribution >= 4 is 17.5 Å². The minimum Gasteiger partial charge on any atom is -0.343 e. The fourth-order valence-corrected chi connectivity index (χ4v) is 4.04. The van der Waals surface area contributed by atoms with Crippen LogP contribution in [0.5, 0.6) is 0 Å². The van der Waals surface area contributed by atoms with Gasteiger partial charge >= 0.3 is 0 Å². The van der Waals surface area contributed by atoms with Crippen molar-refractivity contribution in [3.05, 3.63) is 12.4 Å². The van der Waals surface area contributed by atoms with Crippen LogP contribution >= 0.6 is 0 Å². The Morgan fingerprint density at radius 2 is 2.16 bits per heavy atom. The molecule has 0 aliphatic carbocycles. The van der Waals surface area contributed by atoms with Gasteiger partial charge < -0.3 is 15.1 Å². The smallest absolute Gasteiger partial charge is 0.244 e. The summed E-state index contributed by atoms with van der Waals surface area (Å²) in [7, 11) is 1.86. The van der Waals surface area contributed by atoms with Gasteiger partial charge in [0.2, 0.25) is 11.8 Å². The van der Waals surface area contributed by atoms with Crippen molar-refractivity contribution in [2.45, 2.75) is 51.6 Å². The first-order valence-electron chi connectivity index (χ1n) is 9.31. The molecule has 138 valence electrons. The Balaban J connectivity index is 1.65. The normalized spacial score (nSPS) is 27.6. The van der Waals surface area contributed by atoms with E-state index < -0.39 is 0 Å². The molecule has 2 aliphatic heterocycles. The number of nitrogens with zero attached hydrogens (tertiary/aromatic N) is 4. The van der Waals surface area contributed by atoms with Crippen LogP contribution in [0.1, 0.15) is 39.5 Å². The topological polar surface area (TPSA) is 70.5 Å². The van der Waals surface area contributed by atoms with Crippen LogP contribution in [0.2, 0.25) is 0 Å². The first-order valence-corrected chi connectivity index (χ1v) is 9.31. The van der Waals surface area contributed by atoms with Gasteiger partial charge in [0, 0.05) is 45.8 Å². The maximum absolute atomic E-state index is 12.9. The highest BCUT2D eigenvalue weighted by Gasteiger charge is 2.35. The number of amides is 2. The van der Waals surface area contributed by atoms with Crippen molar-refractivity contribution in [2.75, 3.05) is 24.5 Å².